The first kappa shape index (κ1) is 57.5. The molecule has 0 fully saturated rings. The van der Waals surface area contributed by atoms with Gasteiger partial charge in [-0.2, -0.15) is 4.99 Å². The van der Waals surface area contributed by atoms with Gasteiger partial charge in [0.1, 0.15) is 34.8 Å². The molecule has 0 unspecified atom stereocenters. The van der Waals surface area contributed by atoms with Crippen molar-refractivity contribution in [2.75, 3.05) is 25.1 Å². The fourth-order valence-corrected chi connectivity index (χ4v) is 9.88. The molecule has 0 saturated carbocycles. The van der Waals surface area contributed by atoms with E-state index in [1.54, 1.807) is 41.2 Å². The van der Waals surface area contributed by atoms with Gasteiger partial charge in [-0.05, 0) is 51.3 Å². The van der Waals surface area contributed by atoms with E-state index in [-0.39, 0.29) is 78.0 Å². The number of nitrogens with two attached hydrogens (primary N) is 2. The first-order valence-electron chi connectivity index (χ1n) is 24.4. The van der Waals surface area contributed by atoms with Crippen molar-refractivity contribution < 1.29 is 66.9 Å². The van der Waals surface area contributed by atoms with Gasteiger partial charge < -0.3 is 45.7 Å². The number of aromatic nitrogens is 6. The number of carboxylic acids is 1. The van der Waals surface area contributed by atoms with Gasteiger partial charge in [0.25, 0.3) is 17.7 Å². The highest BCUT2D eigenvalue weighted by atomic mass is 32.1. The lowest BCUT2D eigenvalue weighted by Gasteiger charge is -2.21. The molecule has 1 aliphatic heterocycles. The van der Waals surface area contributed by atoms with Crippen LogP contribution in [0.4, 0.5) is 5.95 Å². The van der Waals surface area contributed by atoms with Gasteiger partial charge in [-0.3, -0.25) is 57.9 Å². The Morgan fingerprint density at radius 1 is 0.873 bits per heavy atom. The van der Waals surface area contributed by atoms with E-state index in [0.717, 1.165) is 23.5 Å². The van der Waals surface area contributed by atoms with Crippen LogP contribution in [0.15, 0.2) is 58.1 Å². The molecule has 29 heteroatoms. The number of imide groups is 1. The van der Waals surface area contributed by atoms with Crippen molar-refractivity contribution >= 4 is 109 Å². The summed E-state index contributed by atoms with van der Waals surface area (Å²) in [5, 5.41) is 17.5. The lowest BCUT2D eigenvalue weighted by Crippen LogP contribution is -2.53. The molecule has 2 atom stereocenters. The minimum Gasteiger partial charge on any atom is -0.491 e. The Kier molecular flexibility index (Phi) is 18.4. The molecule has 7 rings (SSSR count). The van der Waals surface area contributed by atoms with Crippen molar-refractivity contribution in [1.29, 1.82) is 0 Å². The number of pyridine rings is 1. The smallest absolute Gasteiger partial charge is 0.328 e. The standard InChI is InChI=1S/C50H53N13O14S2/c1-6-29-40(77-25(4)55-29)46(72)60-50-62(44-34(79-50)21-28(22-53-44)43(52)70)16-9-8-15-61-39-32(58-49(61)59-47(73)41-30(7-2)56-26(5)78-41)19-27(42(51)69)20-33(39)75-17-10-18-76-48(74)24(3)54-45(71)31(11-14-38(67)68)57-35(64)23-63-36(65)12-13-37(63)66/h8-9,12-13,19-22,24,31H,6-7,10-11,14-18,23H2,1-5H3,(H2,51,69)(H2,52,70)(H,54,71)(H,57,64)(H,67,68)(H,58,59,73)/b9-8+,60-50-/t24-,31-/m0/s1. The van der Waals surface area contributed by atoms with Crippen LogP contribution in [0, 0.1) is 13.8 Å². The van der Waals surface area contributed by atoms with E-state index in [9.17, 15) is 53.1 Å². The number of allylic oxidation sites excluding steroid dienone is 2. The number of fused-ring (bicyclic) bond motifs is 2. The lowest BCUT2D eigenvalue weighted by atomic mass is 10.1. The van der Waals surface area contributed by atoms with Gasteiger partial charge in [0.2, 0.25) is 35.3 Å². The Morgan fingerprint density at radius 3 is 2.24 bits per heavy atom. The molecule has 414 valence electrons. The number of benzene rings is 1. The third-order valence-corrected chi connectivity index (χ3v) is 13.8. The molecule has 79 heavy (non-hydrogen) atoms. The number of amides is 8. The molecular weight excluding hydrogens is 1070 g/mol. The predicted octanol–water partition coefficient (Wildman–Crippen LogP) is 2.17. The summed E-state index contributed by atoms with van der Waals surface area (Å²) in [4.78, 5) is 150. The van der Waals surface area contributed by atoms with E-state index in [0.29, 0.717) is 60.8 Å². The topological polar surface area (TPSA) is 388 Å². The molecule has 1 aromatic carbocycles. The summed E-state index contributed by atoms with van der Waals surface area (Å²) in [6.07, 6.45) is 6.76. The highest BCUT2D eigenvalue weighted by Gasteiger charge is 2.30. The van der Waals surface area contributed by atoms with Crippen LogP contribution in [0.1, 0.15) is 103 Å². The summed E-state index contributed by atoms with van der Waals surface area (Å²) in [6.45, 7) is 7.39. The monoisotopic (exact) mass is 1120 g/mol. The van der Waals surface area contributed by atoms with E-state index < -0.39 is 84.2 Å². The summed E-state index contributed by atoms with van der Waals surface area (Å²) >= 11 is 2.30. The zero-order valence-electron chi connectivity index (χ0n) is 43.1. The zero-order valence-corrected chi connectivity index (χ0v) is 44.8. The number of carbonyl (C=O) groups is 10. The van der Waals surface area contributed by atoms with Gasteiger partial charge in [-0.15, -0.1) is 11.3 Å². The molecule has 27 nitrogen and oxygen atoms in total. The number of rotatable bonds is 25. The number of oxazole rings is 1. The Labute approximate surface area is 455 Å². The summed E-state index contributed by atoms with van der Waals surface area (Å²) in [6, 6.07) is 1.62. The third kappa shape index (κ3) is 13.8. The van der Waals surface area contributed by atoms with Crippen molar-refractivity contribution in [2.45, 2.75) is 91.9 Å². The quantitative estimate of drug-likeness (QED) is 0.0207. The van der Waals surface area contributed by atoms with Gasteiger partial charge in [0.05, 0.1) is 45.4 Å². The number of anilines is 1. The highest BCUT2D eigenvalue weighted by Crippen LogP contribution is 2.32. The second-order valence-electron chi connectivity index (χ2n) is 17.5. The van der Waals surface area contributed by atoms with Crippen molar-refractivity contribution in [2.24, 2.45) is 16.5 Å². The first-order valence-corrected chi connectivity index (χ1v) is 26.0. The Morgan fingerprint density at radius 2 is 1.57 bits per heavy atom. The summed E-state index contributed by atoms with van der Waals surface area (Å²) in [5.74, 6) is -7.77. The highest BCUT2D eigenvalue weighted by molar-refractivity contribution is 7.16. The van der Waals surface area contributed by atoms with Crippen molar-refractivity contribution in [3.05, 3.63) is 97.6 Å². The van der Waals surface area contributed by atoms with Crippen LogP contribution in [0.3, 0.4) is 0 Å². The number of hydrogen-bond acceptors (Lipinski definition) is 19. The number of aliphatic carboxylic acids is 1. The van der Waals surface area contributed by atoms with E-state index in [4.69, 9.17) is 30.3 Å². The van der Waals surface area contributed by atoms with Crippen LogP contribution in [0.2, 0.25) is 0 Å². The molecule has 6 heterocycles. The SMILES string of the molecule is CCc1nc(C)oc1C(=O)/N=c1\sc2cc(C(N)=O)cnc2n1C/C=C/Cn1c(NC(=O)c2sc(C)nc2CC)nc2cc(C(N)=O)cc(OCCCOC(=O)[C@H](C)NC(=O)[C@H](CCC(=O)O)NC(=O)CN3C(=O)C=CC3=O)c21. The van der Waals surface area contributed by atoms with Crippen LogP contribution >= 0.6 is 22.7 Å². The summed E-state index contributed by atoms with van der Waals surface area (Å²) < 4.78 is 21.0. The number of primary amides is 2. The van der Waals surface area contributed by atoms with Crippen molar-refractivity contribution in [3.8, 4) is 5.75 Å². The average molecular weight is 1120 g/mol. The number of carbonyl (C=O) groups excluding carboxylic acids is 9. The van der Waals surface area contributed by atoms with Gasteiger partial charge in [0, 0.05) is 56.8 Å². The molecule has 1 aliphatic rings. The van der Waals surface area contributed by atoms with E-state index in [1.165, 1.54) is 36.6 Å². The molecular formula is C50H53N13O14S2. The largest absolute Gasteiger partial charge is 0.491 e. The second kappa shape index (κ2) is 25.3. The van der Waals surface area contributed by atoms with Crippen LogP contribution in [-0.4, -0.2) is 130 Å². The maximum atomic E-state index is 13.9. The maximum absolute atomic E-state index is 13.9. The van der Waals surface area contributed by atoms with Crippen molar-refractivity contribution in [3.63, 3.8) is 0 Å². The molecule has 6 aromatic rings. The minimum atomic E-state index is -1.46. The van der Waals surface area contributed by atoms with Crippen LogP contribution in [0.25, 0.3) is 21.4 Å². The summed E-state index contributed by atoms with van der Waals surface area (Å²) in [7, 11) is 0. The number of ether oxygens (including phenoxy) is 2. The Hall–Kier alpha value is -9.25. The number of nitrogens with zero attached hydrogens (tertiary/aromatic N) is 8. The Bertz CT molecular complexity index is 3570. The fourth-order valence-electron chi connectivity index (χ4n) is 7.94. The number of aryl methyl sites for hydroxylation is 4. The number of nitrogens with one attached hydrogen (secondary N) is 3. The van der Waals surface area contributed by atoms with Gasteiger partial charge in [-0.25, -0.2) is 24.7 Å². The normalized spacial score (nSPS) is 13.3. The number of imidazole rings is 1. The lowest BCUT2D eigenvalue weighted by molar-refractivity contribution is -0.148. The maximum Gasteiger partial charge on any atom is 0.328 e. The molecule has 0 aliphatic carbocycles. The van der Waals surface area contributed by atoms with E-state index in [1.807, 2.05) is 13.8 Å². The van der Waals surface area contributed by atoms with Crippen LogP contribution in [-0.2, 0) is 59.4 Å². The number of hydrogen-bond donors (Lipinski definition) is 6. The van der Waals surface area contributed by atoms with Crippen LogP contribution in [0.5, 0.6) is 5.75 Å². The molecule has 0 bridgehead atoms. The first-order chi connectivity index (χ1) is 37.6. The molecule has 0 spiro atoms. The fraction of sp³-hybridized carbons (Fsp3) is 0.340. The zero-order chi connectivity index (χ0) is 57.2. The molecule has 8 amide bonds. The van der Waals surface area contributed by atoms with Crippen molar-refractivity contribution in [1.82, 2.24) is 44.6 Å². The number of esters is 1. The molecule has 0 saturated heterocycles. The molecule has 0 radical (unpaired) electrons. The van der Waals surface area contributed by atoms with E-state index in [2.05, 4.69) is 35.9 Å². The van der Waals surface area contributed by atoms with E-state index >= 15 is 0 Å². The number of carboxylic acid groups (broad SMARTS) is 1. The second-order valence-corrected chi connectivity index (χ2v) is 19.7. The molecule has 8 N–H and O–H groups in total. The number of thiazole rings is 2. The van der Waals surface area contributed by atoms with Gasteiger partial charge in [-0.1, -0.05) is 37.3 Å². The third-order valence-electron chi connectivity index (χ3n) is 11.7. The molecule has 5 aromatic heterocycles. The minimum absolute atomic E-state index is 0.0125. The van der Waals surface area contributed by atoms with Crippen LogP contribution < -0.4 is 37.0 Å². The van der Waals surface area contributed by atoms with Gasteiger partial charge >= 0.3 is 17.8 Å². The summed E-state index contributed by atoms with van der Waals surface area (Å²) in [5.41, 5.74) is 13.4. The predicted molar refractivity (Wildman–Crippen MR) is 282 cm³/mol. The average Bonchev–Trinajstić information content (AvgIpc) is 4.29. The van der Waals surface area contributed by atoms with Gasteiger partial charge in [0.15, 0.2) is 16.3 Å². The Balaban J connectivity index is 1.10.